The van der Waals surface area contributed by atoms with Crippen LogP contribution < -0.4 is 11.5 Å². The first kappa shape index (κ1) is 7.93. The number of fused-ring (bicyclic) bond motifs is 1. The predicted octanol–water partition coefficient (Wildman–Crippen LogP) is -2.62. The molecule has 0 saturated carbocycles. The number of aliphatic hydroxyl groups is 1. The molecular formula is C6H12N4O2. The highest BCUT2D eigenvalue weighted by Gasteiger charge is 2.49. The molecule has 2 aliphatic rings. The van der Waals surface area contributed by atoms with Gasteiger partial charge in [-0.25, -0.2) is 0 Å². The SMILES string of the molecule is NC1(N)CC(=O)N2CC(O)CN21. The number of amides is 1. The van der Waals surface area contributed by atoms with Gasteiger partial charge in [-0.1, -0.05) is 0 Å². The Morgan fingerprint density at radius 1 is 1.50 bits per heavy atom. The van der Waals surface area contributed by atoms with Crippen LogP contribution in [0.25, 0.3) is 0 Å². The Kier molecular flexibility index (Phi) is 1.43. The predicted molar refractivity (Wildman–Crippen MR) is 40.1 cm³/mol. The Hall–Kier alpha value is -0.690. The number of nitrogens with zero attached hydrogens (tertiary/aromatic N) is 2. The number of hydrogen-bond acceptors (Lipinski definition) is 5. The minimum absolute atomic E-state index is 0.114. The lowest BCUT2D eigenvalue weighted by Crippen LogP contribution is -2.60. The molecule has 0 aliphatic carbocycles. The van der Waals surface area contributed by atoms with Crippen molar-refractivity contribution in [3.05, 3.63) is 0 Å². The van der Waals surface area contributed by atoms with Gasteiger partial charge in [0.15, 0.2) is 0 Å². The van der Waals surface area contributed by atoms with E-state index in [0.717, 1.165) is 0 Å². The van der Waals surface area contributed by atoms with Crippen LogP contribution in [-0.2, 0) is 4.79 Å². The highest BCUT2D eigenvalue weighted by molar-refractivity contribution is 5.79. The Morgan fingerprint density at radius 3 is 2.75 bits per heavy atom. The number of hydrazine groups is 1. The van der Waals surface area contributed by atoms with E-state index in [2.05, 4.69) is 0 Å². The van der Waals surface area contributed by atoms with E-state index in [0.29, 0.717) is 13.1 Å². The quantitative estimate of drug-likeness (QED) is 0.348. The van der Waals surface area contributed by atoms with Gasteiger partial charge in [-0.2, -0.15) is 5.01 Å². The van der Waals surface area contributed by atoms with Crippen molar-refractivity contribution in [3.63, 3.8) is 0 Å². The zero-order valence-electron chi connectivity index (χ0n) is 6.60. The topological polar surface area (TPSA) is 95.8 Å². The van der Waals surface area contributed by atoms with E-state index in [9.17, 15) is 9.90 Å². The molecule has 1 atom stereocenters. The number of rotatable bonds is 0. The second-order valence-corrected chi connectivity index (χ2v) is 3.38. The van der Waals surface area contributed by atoms with Crippen molar-refractivity contribution in [2.75, 3.05) is 13.1 Å². The Morgan fingerprint density at radius 2 is 2.17 bits per heavy atom. The second-order valence-electron chi connectivity index (χ2n) is 3.38. The highest BCUT2D eigenvalue weighted by atomic mass is 16.3. The Labute approximate surface area is 69.7 Å². The summed E-state index contributed by atoms with van der Waals surface area (Å²) in [6.45, 7) is 0.660. The molecule has 2 fully saturated rings. The minimum Gasteiger partial charge on any atom is -0.390 e. The molecule has 12 heavy (non-hydrogen) atoms. The summed E-state index contributed by atoms with van der Waals surface area (Å²) in [5.41, 5.74) is 11.3. The van der Waals surface area contributed by atoms with Crippen molar-refractivity contribution < 1.29 is 9.90 Å². The molecule has 2 rings (SSSR count). The van der Waals surface area contributed by atoms with Crippen LogP contribution in [0.5, 0.6) is 0 Å². The maximum absolute atomic E-state index is 11.2. The van der Waals surface area contributed by atoms with Crippen LogP contribution in [0.1, 0.15) is 6.42 Å². The van der Waals surface area contributed by atoms with E-state index in [1.807, 2.05) is 0 Å². The summed E-state index contributed by atoms with van der Waals surface area (Å²) in [6.07, 6.45) is -0.402. The van der Waals surface area contributed by atoms with Gasteiger partial charge >= 0.3 is 0 Å². The summed E-state index contributed by atoms with van der Waals surface area (Å²) in [5.74, 6) is -1.22. The zero-order chi connectivity index (χ0) is 8.93. The summed E-state index contributed by atoms with van der Waals surface area (Å²) in [6, 6.07) is 0. The van der Waals surface area contributed by atoms with E-state index in [1.165, 1.54) is 10.0 Å². The van der Waals surface area contributed by atoms with Crippen molar-refractivity contribution in [2.24, 2.45) is 11.5 Å². The lowest BCUT2D eigenvalue weighted by atomic mass is 10.2. The molecule has 2 heterocycles. The van der Waals surface area contributed by atoms with Gasteiger partial charge in [-0.3, -0.25) is 21.3 Å². The summed E-state index contributed by atoms with van der Waals surface area (Å²) >= 11 is 0. The third kappa shape index (κ3) is 0.929. The van der Waals surface area contributed by atoms with Crippen LogP contribution in [0.15, 0.2) is 0 Å². The lowest BCUT2D eigenvalue weighted by molar-refractivity contribution is -0.135. The molecule has 6 heteroatoms. The van der Waals surface area contributed by atoms with Crippen LogP contribution >= 0.6 is 0 Å². The Balaban J connectivity index is 2.25. The van der Waals surface area contributed by atoms with E-state index in [-0.39, 0.29) is 12.3 Å². The first-order chi connectivity index (χ1) is 5.50. The standard InChI is InChI=1S/C6H12N4O2/c7-6(8)1-5(12)9-2-4(11)3-10(6)9/h4,11H,1-3,7-8H2. The van der Waals surface area contributed by atoms with Crippen LogP contribution in [-0.4, -0.2) is 46.0 Å². The molecule has 6 nitrogen and oxygen atoms in total. The van der Waals surface area contributed by atoms with Gasteiger partial charge in [0.1, 0.15) is 5.79 Å². The average Bonchev–Trinajstić information content (AvgIpc) is 2.37. The first-order valence-corrected chi connectivity index (χ1v) is 3.84. The van der Waals surface area contributed by atoms with Gasteiger partial charge < -0.3 is 5.11 Å². The van der Waals surface area contributed by atoms with Gasteiger partial charge in [-0.15, -0.1) is 0 Å². The molecule has 2 aliphatic heterocycles. The molecule has 0 aromatic rings. The molecule has 0 bridgehead atoms. The van der Waals surface area contributed by atoms with Crippen molar-refractivity contribution in [2.45, 2.75) is 18.3 Å². The number of nitrogens with two attached hydrogens (primary N) is 2. The molecule has 1 amide bonds. The third-order valence-corrected chi connectivity index (χ3v) is 2.26. The summed E-state index contributed by atoms with van der Waals surface area (Å²) < 4.78 is 0. The smallest absolute Gasteiger partial charge is 0.241 e. The second kappa shape index (κ2) is 2.17. The third-order valence-electron chi connectivity index (χ3n) is 2.26. The maximum Gasteiger partial charge on any atom is 0.241 e. The fourth-order valence-electron chi connectivity index (χ4n) is 1.71. The Bertz CT molecular complexity index is 230. The first-order valence-electron chi connectivity index (χ1n) is 3.84. The largest absolute Gasteiger partial charge is 0.390 e. The molecule has 2 saturated heterocycles. The fraction of sp³-hybridized carbons (Fsp3) is 0.833. The maximum atomic E-state index is 11.2. The molecular weight excluding hydrogens is 160 g/mol. The zero-order valence-corrected chi connectivity index (χ0v) is 6.60. The molecule has 0 spiro atoms. The summed E-state index contributed by atoms with van der Waals surface area (Å²) in [7, 11) is 0. The number of aliphatic hydroxyl groups excluding tert-OH is 1. The summed E-state index contributed by atoms with van der Waals surface area (Å²) in [5, 5.41) is 12.2. The van der Waals surface area contributed by atoms with Gasteiger partial charge in [0, 0.05) is 6.54 Å². The van der Waals surface area contributed by atoms with E-state index in [4.69, 9.17) is 11.5 Å². The molecule has 0 aromatic heterocycles. The number of hydrogen-bond donors (Lipinski definition) is 3. The van der Waals surface area contributed by atoms with Gasteiger partial charge in [0.25, 0.3) is 0 Å². The van der Waals surface area contributed by atoms with Crippen molar-refractivity contribution in [1.82, 2.24) is 10.0 Å². The minimum atomic E-state index is -1.10. The fourth-order valence-corrected chi connectivity index (χ4v) is 1.71. The van der Waals surface area contributed by atoms with Crippen LogP contribution in [0.2, 0.25) is 0 Å². The van der Waals surface area contributed by atoms with Crippen molar-refractivity contribution in [1.29, 1.82) is 0 Å². The number of carbonyl (C=O) groups is 1. The molecule has 0 aromatic carbocycles. The van der Waals surface area contributed by atoms with E-state index >= 15 is 0 Å². The van der Waals surface area contributed by atoms with Crippen molar-refractivity contribution >= 4 is 5.91 Å². The molecule has 68 valence electrons. The highest BCUT2D eigenvalue weighted by Crippen LogP contribution is 2.26. The molecule has 0 radical (unpaired) electrons. The van der Waals surface area contributed by atoms with Gasteiger partial charge in [0.2, 0.25) is 5.91 Å². The van der Waals surface area contributed by atoms with Crippen LogP contribution in [0.3, 0.4) is 0 Å². The molecule has 1 unspecified atom stereocenters. The van der Waals surface area contributed by atoms with Crippen LogP contribution in [0.4, 0.5) is 0 Å². The van der Waals surface area contributed by atoms with Crippen LogP contribution in [0, 0.1) is 0 Å². The molecule has 5 N–H and O–H groups in total. The van der Waals surface area contributed by atoms with E-state index < -0.39 is 11.9 Å². The monoisotopic (exact) mass is 172 g/mol. The van der Waals surface area contributed by atoms with Gasteiger partial charge in [0.05, 0.1) is 19.1 Å². The van der Waals surface area contributed by atoms with E-state index in [1.54, 1.807) is 0 Å². The normalized spacial score (nSPS) is 34.4. The lowest BCUT2D eigenvalue weighted by Gasteiger charge is -2.29. The summed E-state index contributed by atoms with van der Waals surface area (Å²) in [4.78, 5) is 11.2. The van der Waals surface area contributed by atoms with Gasteiger partial charge in [-0.05, 0) is 0 Å². The average molecular weight is 172 g/mol. The van der Waals surface area contributed by atoms with Crippen molar-refractivity contribution in [3.8, 4) is 0 Å². The number of carbonyl (C=O) groups excluding carboxylic acids is 1.